The van der Waals surface area contributed by atoms with Gasteiger partial charge < -0.3 is 10.1 Å². The van der Waals surface area contributed by atoms with Crippen LogP contribution in [0.3, 0.4) is 0 Å². The molecule has 0 atom stereocenters. The predicted octanol–water partition coefficient (Wildman–Crippen LogP) is 1.64. The molecule has 0 saturated carbocycles. The SMILES string of the molecule is Cc1nnnn1C(=Cc1ccccc1)C(=O)Nc1cccc(S(=O)(=O)N2CCOCC2)c1. The lowest BCUT2D eigenvalue weighted by molar-refractivity contribution is -0.111. The van der Waals surface area contributed by atoms with E-state index in [0.717, 1.165) is 5.56 Å². The Morgan fingerprint density at radius 2 is 1.84 bits per heavy atom. The molecule has 1 fully saturated rings. The Hall–Kier alpha value is -3.41. The topological polar surface area (TPSA) is 119 Å². The van der Waals surface area contributed by atoms with Crippen LogP contribution in [0.15, 0.2) is 59.5 Å². The number of tetrazole rings is 1. The van der Waals surface area contributed by atoms with E-state index < -0.39 is 15.9 Å². The third kappa shape index (κ3) is 4.74. The molecule has 1 aliphatic rings. The summed E-state index contributed by atoms with van der Waals surface area (Å²) in [5.74, 6) is -0.0452. The number of nitrogens with zero attached hydrogens (tertiary/aromatic N) is 5. The van der Waals surface area contributed by atoms with E-state index >= 15 is 0 Å². The Morgan fingerprint density at radius 3 is 2.53 bits per heavy atom. The first kappa shape index (κ1) is 21.8. The molecular weight excluding hydrogens is 432 g/mol. The fourth-order valence-corrected chi connectivity index (χ4v) is 4.70. The number of amides is 1. The fraction of sp³-hybridized carbons (Fsp3) is 0.238. The Morgan fingerprint density at radius 1 is 1.09 bits per heavy atom. The molecule has 1 amide bonds. The molecule has 3 aromatic rings. The summed E-state index contributed by atoms with van der Waals surface area (Å²) in [6.07, 6.45) is 1.66. The van der Waals surface area contributed by atoms with Gasteiger partial charge in [0.05, 0.1) is 18.1 Å². The van der Waals surface area contributed by atoms with E-state index in [1.54, 1.807) is 25.1 Å². The highest BCUT2D eigenvalue weighted by atomic mass is 32.2. The average Bonchev–Trinajstić information content (AvgIpc) is 3.24. The van der Waals surface area contributed by atoms with Gasteiger partial charge in [-0.1, -0.05) is 36.4 Å². The van der Waals surface area contributed by atoms with E-state index in [-0.39, 0.29) is 10.6 Å². The number of morpholine rings is 1. The number of aryl methyl sites for hydroxylation is 1. The maximum absolute atomic E-state index is 13.2. The molecule has 2 aromatic carbocycles. The first-order valence-electron chi connectivity index (χ1n) is 9.96. The maximum atomic E-state index is 13.2. The molecule has 1 aliphatic heterocycles. The number of carbonyl (C=O) groups is 1. The Balaban J connectivity index is 1.62. The lowest BCUT2D eigenvalue weighted by atomic mass is 10.2. The molecule has 0 spiro atoms. The third-order valence-electron chi connectivity index (χ3n) is 4.89. The summed E-state index contributed by atoms with van der Waals surface area (Å²) < 4.78 is 33.8. The van der Waals surface area contributed by atoms with Crippen LogP contribution in [-0.2, 0) is 19.6 Å². The summed E-state index contributed by atoms with van der Waals surface area (Å²) in [5, 5.41) is 14.1. The quantitative estimate of drug-likeness (QED) is 0.562. The number of hydrogen-bond donors (Lipinski definition) is 1. The van der Waals surface area contributed by atoms with Crippen LogP contribution in [0.4, 0.5) is 5.69 Å². The molecule has 1 N–H and O–H groups in total. The lowest BCUT2D eigenvalue weighted by Gasteiger charge is -2.26. The summed E-state index contributed by atoms with van der Waals surface area (Å²) in [4.78, 5) is 13.3. The molecular formula is C21H22N6O4S. The van der Waals surface area contributed by atoms with Crippen LogP contribution in [0.1, 0.15) is 11.4 Å². The van der Waals surface area contributed by atoms with Gasteiger partial charge in [0, 0.05) is 18.8 Å². The van der Waals surface area contributed by atoms with Crippen LogP contribution in [-0.4, -0.2) is 65.1 Å². The molecule has 1 aromatic heterocycles. The van der Waals surface area contributed by atoms with Crippen molar-refractivity contribution in [2.24, 2.45) is 0 Å². The number of hydrogen-bond acceptors (Lipinski definition) is 7. The zero-order valence-electron chi connectivity index (χ0n) is 17.4. The van der Waals surface area contributed by atoms with Crippen LogP contribution in [0.25, 0.3) is 11.8 Å². The number of ether oxygens (including phenoxy) is 1. The number of nitrogens with one attached hydrogen (secondary N) is 1. The van der Waals surface area contributed by atoms with E-state index in [0.29, 0.717) is 37.8 Å². The Kier molecular flexibility index (Phi) is 6.40. The standard InChI is InChI=1S/C21H22N6O4S/c1-16-23-24-25-27(16)20(14-17-6-3-2-4-7-17)21(28)22-18-8-5-9-19(15-18)32(29,30)26-10-12-31-13-11-26/h2-9,14-15H,10-13H2,1H3,(H,22,28). The fourth-order valence-electron chi connectivity index (χ4n) is 3.25. The smallest absolute Gasteiger partial charge is 0.274 e. The molecule has 2 heterocycles. The first-order valence-corrected chi connectivity index (χ1v) is 11.4. The van der Waals surface area contributed by atoms with E-state index in [2.05, 4.69) is 20.8 Å². The summed E-state index contributed by atoms with van der Waals surface area (Å²) in [5.41, 5.74) is 1.32. The number of anilines is 1. The molecule has 32 heavy (non-hydrogen) atoms. The average molecular weight is 455 g/mol. The zero-order valence-corrected chi connectivity index (χ0v) is 18.2. The minimum Gasteiger partial charge on any atom is -0.379 e. The molecule has 4 rings (SSSR count). The van der Waals surface area contributed by atoms with Crippen molar-refractivity contribution in [3.63, 3.8) is 0 Å². The van der Waals surface area contributed by atoms with Crippen LogP contribution < -0.4 is 5.32 Å². The van der Waals surface area contributed by atoms with Gasteiger partial charge in [0.15, 0.2) is 5.82 Å². The van der Waals surface area contributed by atoms with Gasteiger partial charge in [-0.2, -0.15) is 8.99 Å². The summed E-state index contributed by atoms with van der Waals surface area (Å²) in [6, 6.07) is 15.4. The largest absolute Gasteiger partial charge is 0.379 e. The lowest BCUT2D eigenvalue weighted by Crippen LogP contribution is -2.40. The van der Waals surface area contributed by atoms with Gasteiger partial charge in [0.25, 0.3) is 5.91 Å². The summed E-state index contributed by atoms with van der Waals surface area (Å²) in [7, 11) is -3.69. The van der Waals surface area contributed by atoms with Gasteiger partial charge in [0.1, 0.15) is 5.70 Å². The number of aromatic nitrogens is 4. The van der Waals surface area contributed by atoms with Gasteiger partial charge >= 0.3 is 0 Å². The van der Waals surface area contributed by atoms with Crippen molar-refractivity contribution in [3.8, 4) is 0 Å². The minimum atomic E-state index is -3.69. The second-order valence-electron chi connectivity index (χ2n) is 7.08. The van der Waals surface area contributed by atoms with E-state index in [4.69, 9.17) is 4.74 Å². The Labute approximate surface area is 185 Å². The van der Waals surface area contributed by atoms with Crippen LogP contribution in [0, 0.1) is 6.92 Å². The zero-order chi connectivity index (χ0) is 22.6. The van der Waals surface area contributed by atoms with Crippen molar-refractivity contribution in [2.75, 3.05) is 31.6 Å². The Bertz CT molecular complexity index is 1230. The van der Waals surface area contributed by atoms with Crippen LogP contribution in [0.5, 0.6) is 0 Å². The molecule has 166 valence electrons. The van der Waals surface area contributed by atoms with Crippen molar-refractivity contribution in [1.82, 2.24) is 24.5 Å². The highest BCUT2D eigenvalue weighted by Crippen LogP contribution is 2.22. The summed E-state index contributed by atoms with van der Waals surface area (Å²) in [6.45, 7) is 2.98. The third-order valence-corrected chi connectivity index (χ3v) is 6.78. The van der Waals surface area contributed by atoms with Gasteiger partial charge in [-0.05, 0) is 47.2 Å². The highest BCUT2D eigenvalue weighted by molar-refractivity contribution is 7.89. The first-order chi connectivity index (χ1) is 15.4. The van der Waals surface area contributed by atoms with Gasteiger partial charge in [-0.25, -0.2) is 8.42 Å². The molecule has 11 heteroatoms. The van der Waals surface area contributed by atoms with Gasteiger partial charge in [-0.15, -0.1) is 5.10 Å². The second kappa shape index (κ2) is 9.39. The van der Waals surface area contributed by atoms with Crippen LogP contribution in [0.2, 0.25) is 0 Å². The molecule has 0 bridgehead atoms. The maximum Gasteiger partial charge on any atom is 0.274 e. The molecule has 0 unspecified atom stereocenters. The number of sulfonamides is 1. The summed E-state index contributed by atoms with van der Waals surface area (Å²) >= 11 is 0. The van der Waals surface area contributed by atoms with E-state index in [9.17, 15) is 13.2 Å². The van der Waals surface area contributed by atoms with Crippen molar-refractivity contribution < 1.29 is 17.9 Å². The second-order valence-corrected chi connectivity index (χ2v) is 9.01. The van der Waals surface area contributed by atoms with Crippen molar-refractivity contribution >= 4 is 33.4 Å². The monoisotopic (exact) mass is 454 g/mol. The molecule has 0 aliphatic carbocycles. The van der Waals surface area contributed by atoms with E-state index in [1.165, 1.54) is 21.1 Å². The molecule has 1 saturated heterocycles. The van der Waals surface area contributed by atoms with Crippen molar-refractivity contribution in [3.05, 3.63) is 66.0 Å². The normalized spacial score (nSPS) is 15.5. The number of carbonyl (C=O) groups excluding carboxylic acids is 1. The molecule has 0 radical (unpaired) electrons. The van der Waals surface area contributed by atoms with Crippen LogP contribution >= 0.6 is 0 Å². The van der Waals surface area contributed by atoms with Crippen molar-refractivity contribution in [2.45, 2.75) is 11.8 Å². The van der Waals surface area contributed by atoms with E-state index in [1.807, 2.05) is 30.3 Å². The van der Waals surface area contributed by atoms with Gasteiger partial charge in [0.2, 0.25) is 10.0 Å². The number of benzene rings is 2. The molecule has 10 nitrogen and oxygen atoms in total. The number of rotatable bonds is 6. The minimum absolute atomic E-state index is 0.101. The predicted molar refractivity (Wildman–Crippen MR) is 118 cm³/mol. The van der Waals surface area contributed by atoms with Crippen molar-refractivity contribution in [1.29, 1.82) is 0 Å². The van der Waals surface area contributed by atoms with Gasteiger partial charge in [-0.3, -0.25) is 4.79 Å². The highest BCUT2D eigenvalue weighted by Gasteiger charge is 2.26.